The number of hydrogen-bond donors (Lipinski definition) is 2. The van der Waals surface area contributed by atoms with E-state index in [1.54, 1.807) is 39.0 Å². The Morgan fingerprint density at radius 2 is 2.12 bits per heavy atom. The lowest BCUT2D eigenvalue weighted by Gasteiger charge is -2.29. The van der Waals surface area contributed by atoms with Crippen LogP contribution in [0.3, 0.4) is 0 Å². The minimum Gasteiger partial charge on any atom is -0.391 e. The quantitative estimate of drug-likeness (QED) is 0.899. The van der Waals surface area contributed by atoms with Crippen LogP contribution < -0.4 is 5.32 Å². The maximum Gasteiger partial charge on any atom is 0.253 e. The second-order valence-electron chi connectivity index (χ2n) is 4.45. The van der Waals surface area contributed by atoms with E-state index < -0.39 is 11.6 Å². The van der Waals surface area contributed by atoms with Crippen molar-refractivity contribution in [1.82, 2.24) is 5.32 Å². The molecule has 0 aliphatic heterocycles. The third-order valence-electron chi connectivity index (χ3n) is 2.68. The number of carbonyl (C=O) groups excluding carboxylic acids is 1. The van der Waals surface area contributed by atoms with E-state index in [0.717, 1.165) is 0 Å². The fourth-order valence-electron chi connectivity index (χ4n) is 1.14. The average Bonchev–Trinajstić information content (AvgIpc) is 2.21. The van der Waals surface area contributed by atoms with E-state index in [1.165, 1.54) is 0 Å². The van der Waals surface area contributed by atoms with Gasteiger partial charge in [0.1, 0.15) is 0 Å². The number of aliphatic hydroxyl groups excluding tert-OH is 1. The maximum atomic E-state index is 12.0. The Hall–Kier alpha value is -0.580. The lowest BCUT2D eigenvalue weighted by molar-refractivity contribution is 0.0709. The monoisotopic (exact) mass is 319 g/mol. The number of benzene rings is 1. The van der Waals surface area contributed by atoms with E-state index in [1.807, 2.05) is 0 Å². The molecule has 0 fully saturated rings. The molecular formula is C12H15BrClNO2. The zero-order chi connectivity index (χ0) is 13.2. The largest absolute Gasteiger partial charge is 0.391 e. The molecule has 1 aromatic rings. The second-order valence-corrected chi connectivity index (χ2v) is 5.69. The van der Waals surface area contributed by atoms with E-state index in [4.69, 9.17) is 11.6 Å². The van der Waals surface area contributed by atoms with Crippen molar-refractivity contribution in [2.24, 2.45) is 0 Å². The van der Waals surface area contributed by atoms with Crippen LogP contribution in [0.1, 0.15) is 31.1 Å². The molecule has 0 aromatic heterocycles. The van der Waals surface area contributed by atoms with Crippen LogP contribution in [-0.2, 0) is 0 Å². The number of aliphatic hydroxyl groups is 1. The van der Waals surface area contributed by atoms with Gasteiger partial charge in [0.25, 0.3) is 5.91 Å². The summed E-state index contributed by atoms with van der Waals surface area (Å²) in [6, 6.07) is 5.14. The first-order chi connectivity index (χ1) is 7.75. The van der Waals surface area contributed by atoms with Gasteiger partial charge in [-0.3, -0.25) is 4.79 Å². The first-order valence-electron chi connectivity index (χ1n) is 5.20. The minimum atomic E-state index is -0.706. The molecule has 0 saturated carbocycles. The Labute approximate surface area is 114 Å². The second kappa shape index (κ2) is 5.38. The van der Waals surface area contributed by atoms with Crippen LogP contribution in [-0.4, -0.2) is 22.7 Å². The fourth-order valence-corrected chi connectivity index (χ4v) is 1.72. The van der Waals surface area contributed by atoms with Crippen LogP contribution in [0.2, 0.25) is 5.02 Å². The number of hydrogen-bond acceptors (Lipinski definition) is 2. The van der Waals surface area contributed by atoms with Crippen LogP contribution in [0.5, 0.6) is 0 Å². The first kappa shape index (κ1) is 14.5. The Morgan fingerprint density at radius 1 is 1.53 bits per heavy atom. The van der Waals surface area contributed by atoms with Gasteiger partial charge in [-0.25, -0.2) is 0 Å². The summed E-state index contributed by atoms with van der Waals surface area (Å²) in [4.78, 5) is 12.0. The van der Waals surface area contributed by atoms with Gasteiger partial charge in [0.2, 0.25) is 0 Å². The van der Waals surface area contributed by atoms with Crippen molar-refractivity contribution in [3.05, 3.63) is 33.3 Å². The molecule has 0 spiro atoms. The summed E-state index contributed by atoms with van der Waals surface area (Å²) in [6.07, 6.45) is -0.655. The standard InChI is InChI=1S/C12H15BrClNO2/c1-7(16)12(2,3)15-11(17)8-5-4-6-9(13)10(8)14/h4-7,16H,1-3H3,(H,15,17). The van der Waals surface area contributed by atoms with E-state index >= 15 is 0 Å². The molecule has 0 radical (unpaired) electrons. The molecule has 2 N–H and O–H groups in total. The topological polar surface area (TPSA) is 49.3 Å². The summed E-state index contributed by atoms with van der Waals surface area (Å²) < 4.78 is 0.668. The zero-order valence-electron chi connectivity index (χ0n) is 9.92. The molecule has 0 saturated heterocycles. The Bertz CT molecular complexity index is 433. The van der Waals surface area contributed by atoms with E-state index in [0.29, 0.717) is 15.1 Å². The predicted octanol–water partition coefficient (Wildman–Crippen LogP) is 2.99. The van der Waals surface area contributed by atoms with Crippen molar-refractivity contribution in [3.8, 4) is 0 Å². The number of halogens is 2. The van der Waals surface area contributed by atoms with Crippen LogP contribution >= 0.6 is 27.5 Å². The molecule has 0 aliphatic rings. The van der Waals surface area contributed by atoms with E-state index in [-0.39, 0.29) is 5.91 Å². The van der Waals surface area contributed by atoms with Gasteiger partial charge in [0, 0.05) is 4.47 Å². The molecule has 94 valence electrons. The Balaban J connectivity index is 2.95. The fraction of sp³-hybridized carbons (Fsp3) is 0.417. The van der Waals surface area contributed by atoms with Gasteiger partial charge in [-0.05, 0) is 48.8 Å². The summed E-state index contributed by atoms with van der Waals surface area (Å²) in [7, 11) is 0. The van der Waals surface area contributed by atoms with Crippen molar-refractivity contribution >= 4 is 33.4 Å². The molecule has 1 unspecified atom stereocenters. The number of nitrogens with one attached hydrogen (secondary N) is 1. The molecule has 0 heterocycles. The lowest BCUT2D eigenvalue weighted by Crippen LogP contribution is -2.51. The van der Waals surface area contributed by atoms with E-state index in [9.17, 15) is 9.90 Å². The van der Waals surface area contributed by atoms with Crippen molar-refractivity contribution in [2.45, 2.75) is 32.4 Å². The van der Waals surface area contributed by atoms with Crippen LogP contribution in [0, 0.1) is 0 Å². The molecular weight excluding hydrogens is 305 g/mol. The van der Waals surface area contributed by atoms with Gasteiger partial charge < -0.3 is 10.4 Å². The third-order valence-corrected chi connectivity index (χ3v) is 3.97. The summed E-state index contributed by atoms with van der Waals surface area (Å²) in [5.41, 5.74) is -0.322. The van der Waals surface area contributed by atoms with Gasteiger partial charge >= 0.3 is 0 Å². The average molecular weight is 321 g/mol. The predicted molar refractivity (Wildman–Crippen MR) is 72.4 cm³/mol. The van der Waals surface area contributed by atoms with Crippen LogP contribution in [0.15, 0.2) is 22.7 Å². The Morgan fingerprint density at radius 3 is 2.65 bits per heavy atom. The van der Waals surface area contributed by atoms with Gasteiger partial charge in [0.05, 0.1) is 22.2 Å². The number of rotatable bonds is 3. The molecule has 3 nitrogen and oxygen atoms in total. The summed E-state index contributed by atoms with van der Waals surface area (Å²) in [6.45, 7) is 5.13. The highest BCUT2D eigenvalue weighted by atomic mass is 79.9. The maximum absolute atomic E-state index is 12.0. The first-order valence-corrected chi connectivity index (χ1v) is 6.37. The molecule has 1 rings (SSSR count). The highest BCUT2D eigenvalue weighted by Crippen LogP contribution is 2.26. The van der Waals surface area contributed by atoms with Crippen molar-refractivity contribution in [3.63, 3.8) is 0 Å². The third kappa shape index (κ3) is 3.44. The van der Waals surface area contributed by atoms with Crippen LogP contribution in [0.4, 0.5) is 0 Å². The van der Waals surface area contributed by atoms with Gasteiger partial charge in [0.15, 0.2) is 0 Å². The highest BCUT2D eigenvalue weighted by Gasteiger charge is 2.27. The van der Waals surface area contributed by atoms with Crippen LogP contribution in [0.25, 0.3) is 0 Å². The zero-order valence-corrected chi connectivity index (χ0v) is 12.3. The van der Waals surface area contributed by atoms with Crippen molar-refractivity contribution in [2.75, 3.05) is 0 Å². The van der Waals surface area contributed by atoms with E-state index in [2.05, 4.69) is 21.2 Å². The molecule has 1 amide bonds. The normalized spacial score (nSPS) is 13.3. The molecule has 1 aromatic carbocycles. The number of carbonyl (C=O) groups is 1. The highest BCUT2D eigenvalue weighted by molar-refractivity contribution is 9.10. The van der Waals surface area contributed by atoms with Crippen molar-refractivity contribution in [1.29, 1.82) is 0 Å². The molecule has 0 bridgehead atoms. The summed E-state index contributed by atoms with van der Waals surface area (Å²) in [5.74, 6) is -0.304. The van der Waals surface area contributed by atoms with Gasteiger partial charge in [-0.15, -0.1) is 0 Å². The SMILES string of the molecule is CC(O)C(C)(C)NC(=O)c1cccc(Br)c1Cl. The van der Waals surface area contributed by atoms with Crippen molar-refractivity contribution < 1.29 is 9.90 Å². The summed E-state index contributed by atoms with van der Waals surface area (Å²) in [5, 5.41) is 12.7. The molecule has 17 heavy (non-hydrogen) atoms. The molecule has 0 aliphatic carbocycles. The lowest BCUT2D eigenvalue weighted by atomic mass is 9.98. The summed E-state index contributed by atoms with van der Waals surface area (Å²) >= 11 is 9.29. The number of amides is 1. The molecule has 1 atom stereocenters. The van der Waals surface area contributed by atoms with Gasteiger partial charge in [-0.2, -0.15) is 0 Å². The minimum absolute atomic E-state index is 0.304. The Kier molecular flexibility index (Phi) is 4.58. The molecule has 5 heteroatoms. The van der Waals surface area contributed by atoms with Gasteiger partial charge in [-0.1, -0.05) is 17.7 Å². The smallest absolute Gasteiger partial charge is 0.253 e.